The molecule has 0 aromatic carbocycles. The number of amides is 2. The van der Waals surface area contributed by atoms with Crippen molar-refractivity contribution in [3.63, 3.8) is 0 Å². The van der Waals surface area contributed by atoms with Crippen LogP contribution in [0.5, 0.6) is 0 Å². The predicted molar refractivity (Wildman–Crippen MR) is 81.7 cm³/mol. The number of carboxylic acid groups (broad SMARTS) is 1. The van der Waals surface area contributed by atoms with Gasteiger partial charge in [-0.2, -0.15) is 0 Å². The Bertz CT molecular complexity index is 364. The van der Waals surface area contributed by atoms with Gasteiger partial charge in [0.15, 0.2) is 0 Å². The van der Waals surface area contributed by atoms with E-state index in [1.54, 1.807) is 0 Å². The number of hydrogen-bond acceptors (Lipinski definition) is 3. The summed E-state index contributed by atoms with van der Waals surface area (Å²) in [5, 5.41) is 10.2. The molecule has 21 heavy (non-hydrogen) atoms. The van der Waals surface area contributed by atoms with Gasteiger partial charge in [-0.05, 0) is 13.3 Å². The Morgan fingerprint density at radius 1 is 1.24 bits per heavy atom. The monoisotopic (exact) mass is 297 g/mol. The van der Waals surface area contributed by atoms with Gasteiger partial charge in [-0.25, -0.2) is 4.79 Å². The first-order valence-corrected chi connectivity index (χ1v) is 7.61. The third kappa shape index (κ3) is 9.82. The van der Waals surface area contributed by atoms with E-state index in [0.717, 1.165) is 12.8 Å². The summed E-state index contributed by atoms with van der Waals surface area (Å²) in [7, 11) is 0. The number of unbranched alkanes of at least 4 members (excludes halogenated alkanes) is 5. The van der Waals surface area contributed by atoms with Crippen molar-refractivity contribution in [3.8, 4) is 0 Å². The highest BCUT2D eigenvalue weighted by molar-refractivity contribution is 6.03. The van der Waals surface area contributed by atoms with Crippen molar-refractivity contribution in [1.82, 2.24) is 5.32 Å². The number of imide groups is 1. The Hall–Kier alpha value is -1.65. The van der Waals surface area contributed by atoms with E-state index < -0.39 is 5.97 Å². The van der Waals surface area contributed by atoms with Gasteiger partial charge < -0.3 is 5.11 Å². The average molecular weight is 297 g/mol. The van der Waals surface area contributed by atoms with Crippen molar-refractivity contribution in [2.75, 3.05) is 0 Å². The summed E-state index contributed by atoms with van der Waals surface area (Å²) in [5.41, 5.74) is 0.176. The number of carboxylic acids is 1. The summed E-state index contributed by atoms with van der Waals surface area (Å²) in [6.07, 6.45) is 8.69. The van der Waals surface area contributed by atoms with E-state index in [0.29, 0.717) is 6.42 Å². The molecule has 1 heterocycles. The number of rotatable bonds is 8. The topological polar surface area (TPSA) is 83.5 Å². The van der Waals surface area contributed by atoms with Crippen LogP contribution in [-0.2, 0) is 14.4 Å². The van der Waals surface area contributed by atoms with Crippen LogP contribution in [0.15, 0.2) is 12.2 Å². The van der Waals surface area contributed by atoms with Gasteiger partial charge in [0.05, 0.1) is 0 Å². The molecule has 5 nitrogen and oxygen atoms in total. The lowest BCUT2D eigenvalue weighted by molar-refractivity contribution is -0.132. The van der Waals surface area contributed by atoms with E-state index in [1.807, 2.05) is 0 Å². The largest absolute Gasteiger partial charge is 0.478 e. The lowest BCUT2D eigenvalue weighted by atomic mass is 9.99. The number of carbonyl (C=O) groups is 3. The highest BCUT2D eigenvalue weighted by Crippen LogP contribution is 2.19. The minimum Gasteiger partial charge on any atom is -0.478 e. The van der Waals surface area contributed by atoms with Gasteiger partial charge in [-0.1, -0.05) is 52.0 Å². The van der Waals surface area contributed by atoms with Crippen LogP contribution in [0.2, 0.25) is 0 Å². The van der Waals surface area contributed by atoms with E-state index in [4.69, 9.17) is 5.11 Å². The first-order valence-electron chi connectivity index (χ1n) is 7.61. The van der Waals surface area contributed by atoms with Crippen LogP contribution in [0.1, 0.15) is 65.2 Å². The third-order valence-corrected chi connectivity index (χ3v) is 3.34. The summed E-state index contributed by atoms with van der Waals surface area (Å²) < 4.78 is 0. The van der Waals surface area contributed by atoms with E-state index in [9.17, 15) is 14.4 Å². The van der Waals surface area contributed by atoms with Crippen LogP contribution < -0.4 is 5.32 Å². The highest BCUT2D eigenvalue weighted by Gasteiger charge is 2.29. The van der Waals surface area contributed by atoms with Crippen LogP contribution in [0.4, 0.5) is 0 Å². The zero-order valence-corrected chi connectivity index (χ0v) is 13.1. The molecule has 1 unspecified atom stereocenters. The van der Waals surface area contributed by atoms with Crippen molar-refractivity contribution >= 4 is 17.8 Å². The molecule has 5 heteroatoms. The van der Waals surface area contributed by atoms with Crippen LogP contribution >= 0.6 is 0 Å². The molecule has 0 spiro atoms. The van der Waals surface area contributed by atoms with Gasteiger partial charge in [-0.3, -0.25) is 14.9 Å². The molecule has 120 valence electrons. The molecule has 1 rings (SSSR count). The number of hydrogen-bond donors (Lipinski definition) is 2. The molecule has 2 N–H and O–H groups in total. The minimum atomic E-state index is -0.935. The summed E-state index contributed by atoms with van der Waals surface area (Å²) in [6, 6.07) is 0. The fourth-order valence-corrected chi connectivity index (χ4v) is 2.01. The zero-order chi connectivity index (χ0) is 16.3. The molecule has 0 saturated carbocycles. The SMILES string of the molecule is C=C(C)C(=O)O.CCCCCCCCC1CC(=O)NC1=O. The van der Waals surface area contributed by atoms with Gasteiger partial charge in [-0.15, -0.1) is 0 Å². The quantitative estimate of drug-likeness (QED) is 0.410. The Kier molecular flexibility index (Phi) is 10.2. The average Bonchev–Trinajstić information content (AvgIpc) is 2.72. The van der Waals surface area contributed by atoms with Crippen LogP contribution in [0, 0.1) is 5.92 Å². The number of aliphatic carboxylic acids is 1. The fourth-order valence-electron chi connectivity index (χ4n) is 2.01. The maximum absolute atomic E-state index is 11.2. The van der Waals surface area contributed by atoms with E-state index in [1.165, 1.54) is 39.0 Å². The molecule has 1 fully saturated rings. The van der Waals surface area contributed by atoms with Gasteiger partial charge in [0.2, 0.25) is 11.8 Å². The second kappa shape index (κ2) is 11.1. The Balaban J connectivity index is 0.000000567. The molecule has 0 bridgehead atoms. The Morgan fingerprint density at radius 3 is 2.19 bits per heavy atom. The molecule has 1 atom stereocenters. The van der Waals surface area contributed by atoms with Crippen LogP contribution in [-0.4, -0.2) is 22.9 Å². The van der Waals surface area contributed by atoms with E-state index in [-0.39, 0.29) is 23.3 Å². The first-order chi connectivity index (χ1) is 9.88. The van der Waals surface area contributed by atoms with Crippen molar-refractivity contribution in [2.45, 2.75) is 65.2 Å². The van der Waals surface area contributed by atoms with Crippen LogP contribution in [0.25, 0.3) is 0 Å². The molecular weight excluding hydrogens is 270 g/mol. The first kappa shape index (κ1) is 19.4. The lowest BCUT2D eigenvalue weighted by Crippen LogP contribution is -2.21. The Labute approximate surface area is 126 Å². The lowest BCUT2D eigenvalue weighted by Gasteiger charge is -2.04. The predicted octanol–water partition coefficient (Wildman–Crippen LogP) is 3.05. The summed E-state index contributed by atoms with van der Waals surface area (Å²) >= 11 is 0. The fraction of sp³-hybridized carbons (Fsp3) is 0.688. The van der Waals surface area contributed by atoms with Crippen molar-refractivity contribution in [1.29, 1.82) is 0 Å². The molecule has 1 aliphatic rings. The van der Waals surface area contributed by atoms with Gasteiger partial charge in [0.1, 0.15) is 0 Å². The van der Waals surface area contributed by atoms with Crippen molar-refractivity contribution < 1.29 is 19.5 Å². The highest BCUT2D eigenvalue weighted by atomic mass is 16.4. The normalized spacial score (nSPS) is 17.0. The molecule has 2 amide bonds. The molecule has 0 aromatic heterocycles. The molecular formula is C16H27NO4. The molecule has 1 saturated heterocycles. The zero-order valence-electron chi connectivity index (χ0n) is 13.1. The molecule has 0 aliphatic carbocycles. The van der Waals surface area contributed by atoms with Gasteiger partial charge >= 0.3 is 5.97 Å². The second-order valence-corrected chi connectivity index (χ2v) is 5.46. The van der Waals surface area contributed by atoms with Gasteiger partial charge in [0, 0.05) is 17.9 Å². The molecule has 1 aliphatic heterocycles. The third-order valence-electron chi connectivity index (χ3n) is 3.34. The summed E-state index contributed by atoms with van der Waals surface area (Å²) in [4.78, 5) is 31.7. The maximum atomic E-state index is 11.2. The number of nitrogens with one attached hydrogen (secondary N) is 1. The maximum Gasteiger partial charge on any atom is 0.330 e. The summed E-state index contributed by atoms with van der Waals surface area (Å²) in [5.74, 6) is -1.14. The smallest absolute Gasteiger partial charge is 0.330 e. The second-order valence-electron chi connectivity index (χ2n) is 5.46. The number of carbonyl (C=O) groups excluding carboxylic acids is 2. The van der Waals surface area contributed by atoms with Crippen LogP contribution in [0.3, 0.4) is 0 Å². The molecule has 0 radical (unpaired) electrons. The standard InChI is InChI=1S/C12H21NO2.C4H6O2/c1-2-3-4-5-6-7-8-10-9-11(14)13-12(10)15;1-3(2)4(5)6/h10H,2-9H2,1H3,(H,13,14,15);1H2,2H3,(H,5,6). The van der Waals surface area contributed by atoms with Gasteiger partial charge in [0.25, 0.3) is 0 Å². The molecule has 0 aromatic rings. The van der Waals surface area contributed by atoms with Crippen molar-refractivity contribution in [2.24, 2.45) is 5.92 Å². The minimum absolute atomic E-state index is 0.0383. The summed E-state index contributed by atoms with van der Waals surface area (Å²) in [6.45, 7) is 6.80. The Morgan fingerprint density at radius 2 is 1.76 bits per heavy atom. The van der Waals surface area contributed by atoms with E-state index >= 15 is 0 Å². The van der Waals surface area contributed by atoms with Crippen molar-refractivity contribution in [3.05, 3.63) is 12.2 Å². The van der Waals surface area contributed by atoms with E-state index in [2.05, 4.69) is 18.8 Å².